The Morgan fingerprint density at radius 2 is 1.88 bits per heavy atom. The second-order valence-corrected chi connectivity index (χ2v) is 5.59. The second-order valence-electron chi connectivity index (χ2n) is 5.59. The summed E-state index contributed by atoms with van der Waals surface area (Å²) in [4.78, 5) is 0. The van der Waals surface area contributed by atoms with E-state index in [0.717, 1.165) is 0 Å². The lowest BCUT2D eigenvalue weighted by molar-refractivity contribution is 0.333. The molecule has 88 valence electrons. The molecule has 1 aromatic rings. The fourth-order valence-corrected chi connectivity index (χ4v) is 2.14. The molecule has 0 spiro atoms. The maximum atomic E-state index is 5.95. The number of rotatable bonds is 4. The van der Waals surface area contributed by atoms with Crippen LogP contribution in [0.2, 0.25) is 0 Å². The van der Waals surface area contributed by atoms with Gasteiger partial charge in [0.25, 0.3) is 0 Å². The van der Waals surface area contributed by atoms with Gasteiger partial charge < -0.3 is 11.1 Å². The smallest absolute Gasteiger partial charge is 0.0520 e. The van der Waals surface area contributed by atoms with Crippen LogP contribution in [0, 0.1) is 12.3 Å². The molecule has 1 aromatic carbocycles. The monoisotopic (exact) mass is 218 g/mol. The minimum Gasteiger partial charge on any atom is -0.378 e. The van der Waals surface area contributed by atoms with Gasteiger partial charge in [-0.25, -0.2) is 0 Å². The molecule has 0 saturated heterocycles. The Morgan fingerprint density at radius 3 is 2.31 bits per heavy atom. The van der Waals surface area contributed by atoms with Gasteiger partial charge in [0.2, 0.25) is 0 Å². The molecule has 1 aliphatic carbocycles. The van der Waals surface area contributed by atoms with Crippen molar-refractivity contribution in [3.8, 4) is 0 Å². The first-order valence-electron chi connectivity index (χ1n) is 6.04. The fraction of sp³-hybridized carbons (Fsp3) is 0.571. The van der Waals surface area contributed by atoms with E-state index in [1.165, 1.54) is 24.1 Å². The van der Waals surface area contributed by atoms with Gasteiger partial charge in [0, 0.05) is 12.2 Å². The molecule has 0 aliphatic heterocycles. The number of hydrogen-bond donors (Lipinski definition) is 2. The third kappa shape index (κ3) is 1.94. The van der Waals surface area contributed by atoms with E-state index in [1.54, 1.807) is 0 Å². The zero-order valence-corrected chi connectivity index (χ0v) is 10.5. The summed E-state index contributed by atoms with van der Waals surface area (Å²) in [6.45, 7) is 7.34. The van der Waals surface area contributed by atoms with Crippen molar-refractivity contribution in [1.29, 1.82) is 0 Å². The average molecular weight is 218 g/mol. The van der Waals surface area contributed by atoms with E-state index in [4.69, 9.17) is 5.73 Å². The number of nitrogens with one attached hydrogen (secondary N) is 1. The van der Waals surface area contributed by atoms with E-state index in [2.05, 4.69) is 50.4 Å². The molecule has 2 nitrogen and oxygen atoms in total. The quantitative estimate of drug-likeness (QED) is 0.815. The predicted molar refractivity (Wildman–Crippen MR) is 69.6 cm³/mol. The molecule has 1 aliphatic rings. The molecule has 0 heterocycles. The van der Waals surface area contributed by atoms with E-state index in [0.29, 0.717) is 12.0 Å². The van der Waals surface area contributed by atoms with Crippen molar-refractivity contribution < 1.29 is 0 Å². The molecule has 2 heteroatoms. The van der Waals surface area contributed by atoms with Crippen molar-refractivity contribution in [3.63, 3.8) is 0 Å². The molecular formula is C14H22N2. The van der Waals surface area contributed by atoms with Crippen LogP contribution >= 0.6 is 0 Å². The van der Waals surface area contributed by atoms with Crippen molar-refractivity contribution >= 4 is 5.69 Å². The number of aryl methyl sites for hydroxylation is 1. The molecule has 16 heavy (non-hydrogen) atoms. The van der Waals surface area contributed by atoms with E-state index in [-0.39, 0.29) is 5.54 Å². The highest BCUT2D eigenvalue weighted by molar-refractivity contribution is 5.48. The third-order valence-corrected chi connectivity index (χ3v) is 4.21. The van der Waals surface area contributed by atoms with E-state index in [1.807, 2.05) is 0 Å². The Labute approximate surface area is 98.2 Å². The highest BCUT2D eigenvalue weighted by atomic mass is 15.0. The first kappa shape index (κ1) is 11.5. The Kier molecular flexibility index (Phi) is 2.70. The summed E-state index contributed by atoms with van der Waals surface area (Å²) in [5.41, 5.74) is 8.79. The molecule has 1 unspecified atom stereocenters. The Balaban J connectivity index is 2.15. The van der Waals surface area contributed by atoms with Crippen molar-refractivity contribution in [1.82, 2.24) is 0 Å². The molecule has 0 radical (unpaired) electrons. The largest absolute Gasteiger partial charge is 0.378 e. The highest BCUT2D eigenvalue weighted by Crippen LogP contribution is 2.54. The van der Waals surface area contributed by atoms with Crippen LogP contribution in [0.25, 0.3) is 0 Å². The molecule has 3 N–H and O–H groups in total. The first-order valence-corrected chi connectivity index (χ1v) is 6.04. The zero-order chi connectivity index (χ0) is 11.8. The normalized spacial score (nSPS) is 21.2. The summed E-state index contributed by atoms with van der Waals surface area (Å²) in [7, 11) is 0. The van der Waals surface area contributed by atoms with Gasteiger partial charge in [-0.1, -0.05) is 24.6 Å². The lowest BCUT2D eigenvalue weighted by Gasteiger charge is -2.37. The molecule has 0 aromatic heterocycles. The Morgan fingerprint density at radius 1 is 1.31 bits per heavy atom. The van der Waals surface area contributed by atoms with Crippen LogP contribution in [0.5, 0.6) is 0 Å². The van der Waals surface area contributed by atoms with Gasteiger partial charge >= 0.3 is 0 Å². The van der Waals surface area contributed by atoms with E-state index < -0.39 is 0 Å². The van der Waals surface area contributed by atoms with Gasteiger partial charge in [0.05, 0.1) is 5.54 Å². The zero-order valence-electron chi connectivity index (χ0n) is 10.5. The van der Waals surface area contributed by atoms with Gasteiger partial charge in [-0.2, -0.15) is 0 Å². The molecule has 2 rings (SSSR count). The summed E-state index contributed by atoms with van der Waals surface area (Å²) in [5.74, 6) is 0. The lowest BCUT2D eigenvalue weighted by atomic mass is 9.83. The van der Waals surface area contributed by atoms with E-state index in [9.17, 15) is 0 Å². The van der Waals surface area contributed by atoms with Crippen molar-refractivity contribution in [2.75, 3.05) is 11.9 Å². The van der Waals surface area contributed by atoms with E-state index >= 15 is 0 Å². The maximum Gasteiger partial charge on any atom is 0.0520 e. The van der Waals surface area contributed by atoms with Gasteiger partial charge in [0.15, 0.2) is 0 Å². The van der Waals surface area contributed by atoms with Crippen molar-refractivity contribution in [2.24, 2.45) is 11.1 Å². The van der Waals surface area contributed by atoms with Crippen LogP contribution in [0.15, 0.2) is 24.3 Å². The first-order chi connectivity index (χ1) is 7.49. The van der Waals surface area contributed by atoms with Gasteiger partial charge in [-0.05, 0) is 44.2 Å². The van der Waals surface area contributed by atoms with Crippen LogP contribution in [-0.4, -0.2) is 12.1 Å². The molecule has 1 atom stereocenters. The summed E-state index contributed by atoms with van der Waals surface area (Å²) in [5, 5.41) is 3.61. The van der Waals surface area contributed by atoms with Gasteiger partial charge in [-0.15, -0.1) is 0 Å². The maximum absolute atomic E-state index is 5.95. The Bertz CT molecular complexity index is 365. The molecular weight excluding hydrogens is 196 g/mol. The van der Waals surface area contributed by atoms with Crippen LogP contribution < -0.4 is 11.1 Å². The molecule has 0 bridgehead atoms. The van der Waals surface area contributed by atoms with Crippen LogP contribution in [0.1, 0.15) is 32.3 Å². The minimum atomic E-state index is 0.0161. The molecule has 1 fully saturated rings. The second kappa shape index (κ2) is 3.77. The van der Waals surface area contributed by atoms with Crippen molar-refractivity contribution in [3.05, 3.63) is 29.8 Å². The SMILES string of the molecule is Cc1ccc(NC(C)(CN)C2(C)CC2)cc1. The van der Waals surface area contributed by atoms with Gasteiger partial charge in [-0.3, -0.25) is 0 Å². The molecule has 1 saturated carbocycles. The summed E-state index contributed by atoms with van der Waals surface area (Å²) >= 11 is 0. The number of anilines is 1. The minimum absolute atomic E-state index is 0.0161. The predicted octanol–water partition coefficient (Wildman–Crippen LogP) is 2.92. The highest BCUT2D eigenvalue weighted by Gasteiger charge is 2.52. The number of nitrogens with two attached hydrogens (primary N) is 1. The summed E-state index contributed by atoms with van der Waals surface area (Å²) < 4.78 is 0. The summed E-state index contributed by atoms with van der Waals surface area (Å²) in [6.07, 6.45) is 2.55. The van der Waals surface area contributed by atoms with Crippen LogP contribution in [-0.2, 0) is 0 Å². The van der Waals surface area contributed by atoms with Gasteiger partial charge in [0.1, 0.15) is 0 Å². The molecule has 0 amide bonds. The average Bonchev–Trinajstić information content (AvgIpc) is 3.01. The van der Waals surface area contributed by atoms with Crippen LogP contribution in [0.4, 0.5) is 5.69 Å². The number of hydrogen-bond acceptors (Lipinski definition) is 2. The third-order valence-electron chi connectivity index (χ3n) is 4.21. The number of benzene rings is 1. The summed E-state index contributed by atoms with van der Waals surface area (Å²) in [6, 6.07) is 8.53. The topological polar surface area (TPSA) is 38.0 Å². The Hall–Kier alpha value is -1.02. The standard InChI is InChI=1S/C14H22N2/c1-11-4-6-12(7-5-11)16-14(3,10-15)13(2)8-9-13/h4-7,16H,8-10,15H2,1-3H3. The lowest BCUT2D eigenvalue weighted by Crippen LogP contribution is -2.49. The fourth-order valence-electron chi connectivity index (χ4n) is 2.14. The van der Waals surface area contributed by atoms with Crippen LogP contribution in [0.3, 0.4) is 0 Å². The van der Waals surface area contributed by atoms with Crippen molar-refractivity contribution in [2.45, 2.75) is 39.2 Å².